The average Bonchev–Trinajstić information content (AvgIpc) is 3.15. The number of carbonyl (C=O) groups excluding carboxylic acids is 1. The molecule has 0 radical (unpaired) electrons. The first-order valence-electron chi connectivity index (χ1n) is 9.15. The van der Waals surface area contributed by atoms with Crippen LogP contribution in [0.4, 0.5) is 5.69 Å². The molecule has 2 aromatic carbocycles. The molecule has 4 rings (SSSR count). The van der Waals surface area contributed by atoms with E-state index in [-0.39, 0.29) is 5.91 Å². The van der Waals surface area contributed by atoms with Gasteiger partial charge in [0.05, 0.1) is 10.3 Å². The third-order valence-electron chi connectivity index (χ3n) is 4.71. The molecule has 0 saturated carbocycles. The minimum Gasteiger partial charge on any atom is -0.325 e. The SMILES string of the molecule is O=C(CSc1ccc2c(c1)CCC2)Nc1cccc(C2SCCCS2)c1. The minimum atomic E-state index is 0.0663. The summed E-state index contributed by atoms with van der Waals surface area (Å²) in [6, 6.07) is 15.0. The van der Waals surface area contributed by atoms with Gasteiger partial charge < -0.3 is 5.32 Å². The van der Waals surface area contributed by atoms with E-state index in [1.807, 2.05) is 35.7 Å². The molecule has 1 amide bonds. The van der Waals surface area contributed by atoms with Crippen LogP contribution in [0.25, 0.3) is 0 Å². The maximum Gasteiger partial charge on any atom is 0.234 e. The zero-order valence-corrected chi connectivity index (χ0v) is 17.2. The maximum atomic E-state index is 12.4. The maximum absolute atomic E-state index is 12.4. The second-order valence-corrected chi connectivity index (χ2v) is 10.4. The van der Waals surface area contributed by atoms with Gasteiger partial charge in [0.25, 0.3) is 0 Å². The summed E-state index contributed by atoms with van der Waals surface area (Å²) in [6.45, 7) is 0. The van der Waals surface area contributed by atoms with Gasteiger partial charge >= 0.3 is 0 Å². The number of rotatable bonds is 5. The summed E-state index contributed by atoms with van der Waals surface area (Å²) in [7, 11) is 0. The molecule has 1 saturated heterocycles. The van der Waals surface area contributed by atoms with E-state index in [1.165, 1.54) is 58.8 Å². The molecule has 1 aliphatic carbocycles. The summed E-state index contributed by atoms with van der Waals surface area (Å²) in [5.41, 5.74) is 5.16. The fraction of sp³-hybridized carbons (Fsp3) is 0.381. The van der Waals surface area contributed by atoms with Crippen LogP contribution in [0.1, 0.15) is 34.1 Å². The Hall–Kier alpha value is -1.04. The van der Waals surface area contributed by atoms with Crippen LogP contribution in [0, 0.1) is 0 Å². The molecule has 1 fully saturated rings. The lowest BCUT2D eigenvalue weighted by Gasteiger charge is -2.21. The zero-order valence-electron chi connectivity index (χ0n) is 14.7. The predicted molar refractivity (Wildman–Crippen MR) is 117 cm³/mol. The molecule has 136 valence electrons. The van der Waals surface area contributed by atoms with Crippen LogP contribution >= 0.6 is 35.3 Å². The van der Waals surface area contributed by atoms with Gasteiger partial charge in [-0.05, 0) is 78.1 Å². The highest BCUT2D eigenvalue weighted by atomic mass is 32.2. The number of thioether (sulfide) groups is 3. The first kappa shape index (κ1) is 18.3. The van der Waals surface area contributed by atoms with Crippen molar-refractivity contribution in [2.75, 3.05) is 22.6 Å². The Morgan fingerprint density at radius 3 is 2.77 bits per heavy atom. The van der Waals surface area contributed by atoms with Crippen molar-refractivity contribution < 1.29 is 4.79 Å². The lowest BCUT2D eigenvalue weighted by molar-refractivity contribution is -0.113. The van der Waals surface area contributed by atoms with Crippen LogP contribution < -0.4 is 5.32 Å². The van der Waals surface area contributed by atoms with Gasteiger partial charge in [0.2, 0.25) is 5.91 Å². The summed E-state index contributed by atoms with van der Waals surface area (Å²) in [5.74, 6) is 2.98. The van der Waals surface area contributed by atoms with Gasteiger partial charge in [-0.15, -0.1) is 35.3 Å². The summed E-state index contributed by atoms with van der Waals surface area (Å²) < 4.78 is 0.501. The van der Waals surface area contributed by atoms with Crippen molar-refractivity contribution in [3.63, 3.8) is 0 Å². The standard InChI is InChI=1S/C21H23NOS3/c23-20(14-26-19-9-8-15-4-1-5-16(15)13-19)22-18-7-2-6-17(12-18)21-24-10-3-11-25-21/h2,6-9,12-13,21H,1,3-5,10-11,14H2,(H,22,23). The Kier molecular flexibility index (Phi) is 6.18. The number of nitrogens with one attached hydrogen (secondary N) is 1. The molecular weight excluding hydrogens is 378 g/mol. The van der Waals surface area contributed by atoms with Gasteiger partial charge in [0.1, 0.15) is 0 Å². The van der Waals surface area contributed by atoms with Gasteiger partial charge in [-0.1, -0.05) is 18.2 Å². The number of carbonyl (C=O) groups is 1. The second kappa shape index (κ2) is 8.77. The zero-order chi connectivity index (χ0) is 17.8. The Labute approximate surface area is 168 Å². The molecule has 5 heteroatoms. The highest BCUT2D eigenvalue weighted by molar-refractivity contribution is 8.16. The molecule has 1 aliphatic heterocycles. The van der Waals surface area contributed by atoms with Crippen LogP contribution in [0.3, 0.4) is 0 Å². The number of hydrogen-bond donors (Lipinski definition) is 1. The molecule has 2 aromatic rings. The predicted octanol–water partition coefficient (Wildman–Crippen LogP) is 5.77. The van der Waals surface area contributed by atoms with Crippen LogP contribution in [-0.4, -0.2) is 23.2 Å². The van der Waals surface area contributed by atoms with E-state index in [0.29, 0.717) is 10.3 Å². The van der Waals surface area contributed by atoms with Gasteiger partial charge in [-0.25, -0.2) is 0 Å². The Balaban J connectivity index is 1.33. The van der Waals surface area contributed by atoms with Crippen molar-refractivity contribution in [3.05, 3.63) is 59.2 Å². The normalized spacial score (nSPS) is 17.1. The third-order valence-corrected chi connectivity index (χ3v) is 8.72. The second-order valence-electron chi connectivity index (χ2n) is 6.67. The molecular formula is C21H23NOS3. The third kappa shape index (κ3) is 4.62. The number of aryl methyl sites for hydroxylation is 2. The van der Waals surface area contributed by atoms with E-state index in [1.54, 1.807) is 11.8 Å². The minimum absolute atomic E-state index is 0.0663. The van der Waals surface area contributed by atoms with E-state index in [2.05, 4.69) is 35.6 Å². The summed E-state index contributed by atoms with van der Waals surface area (Å²) in [4.78, 5) is 13.6. The average molecular weight is 402 g/mol. The highest BCUT2D eigenvalue weighted by Crippen LogP contribution is 2.44. The first-order chi connectivity index (χ1) is 12.8. The van der Waals surface area contributed by atoms with E-state index in [9.17, 15) is 4.79 Å². The van der Waals surface area contributed by atoms with Crippen LogP contribution in [0.2, 0.25) is 0 Å². The van der Waals surface area contributed by atoms with Crippen LogP contribution in [-0.2, 0) is 17.6 Å². The molecule has 0 aromatic heterocycles. The van der Waals surface area contributed by atoms with Gasteiger partial charge in [0.15, 0.2) is 0 Å². The number of anilines is 1. The number of benzene rings is 2. The molecule has 0 unspecified atom stereocenters. The van der Waals surface area contributed by atoms with E-state index >= 15 is 0 Å². The van der Waals surface area contributed by atoms with Crippen LogP contribution in [0.5, 0.6) is 0 Å². The van der Waals surface area contributed by atoms with E-state index < -0.39 is 0 Å². The fourth-order valence-electron chi connectivity index (χ4n) is 3.43. The summed E-state index contributed by atoms with van der Waals surface area (Å²) >= 11 is 5.64. The van der Waals surface area contributed by atoms with Crippen molar-refractivity contribution in [1.82, 2.24) is 0 Å². The smallest absolute Gasteiger partial charge is 0.234 e. The molecule has 26 heavy (non-hydrogen) atoms. The monoisotopic (exact) mass is 401 g/mol. The van der Waals surface area contributed by atoms with E-state index in [4.69, 9.17) is 0 Å². The molecule has 1 heterocycles. The lowest BCUT2D eigenvalue weighted by Crippen LogP contribution is -2.14. The van der Waals surface area contributed by atoms with Crippen molar-refractivity contribution >= 4 is 46.9 Å². The lowest BCUT2D eigenvalue weighted by atomic mass is 10.1. The molecule has 0 atom stereocenters. The Morgan fingerprint density at radius 1 is 1.04 bits per heavy atom. The van der Waals surface area contributed by atoms with Gasteiger partial charge in [0, 0.05) is 10.6 Å². The highest BCUT2D eigenvalue weighted by Gasteiger charge is 2.17. The van der Waals surface area contributed by atoms with Crippen molar-refractivity contribution in [1.29, 1.82) is 0 Å². The van der Waals surface area contributed by atoms with Crippen molar-refractivity contribution in [2.45, 2.75) is 35.2 Å². The van der Waals surface area contributed by atoms with Crippen molar-refractivity contribution in [3.8, 4) is 0 Å². The molecule has 2 nitrogen and oxygen atoms in total. The summed E-state index contributed by atoms with van der Waals surface area (Å²) in [6.07, 6.45) is 4.94. The Morgan fingerprint density at radius 2 is 1.88 bits per heavy atom. The van der Waals surface area contributed by atoms with Gasteiger partial charge in [-0.2, -0.15) is 0 Å². The molecule has 0 bridgehead atoms. The first-order valence-corrected chi connectivity index (χ1v) is 12.2. The molecule has 2 aliphatic rings. The van der Waals surface area contributed by atoms with Gasteiger partial charge in [-0.3, -0.25) is 4.79 Å². The topological polar surface area (TPSA) is 29.1 Å². The quantitative estimate of drug-likeness (QED) is 0.644. The number of amides is 1. The molecule has 0 spiro atoms. The van der Waals surface area contributed by atoms with E-state index in [0.717, 1.165) is 5.69 Å². The summed E-state index contributed by atoms with van der Waals surface area (Å²) in [5, 5.41) is 3.07. The largest absolute Gasteiger partial charge is 0.325 e. The number of fused-ring (bicyclic) bond motifs is 1. The molecule has 1 N–H and O–H groups in total. The fourth-order valence-corrected chi connectivity index (χ4v) is 7.06. The van der Waals surface area contributed by atoms with Crippen molar-refractivity contribution in [2.24, 2.45) is 0 Å². The Bertz CT molecular complexity index is 787. The number of hydrogen-bond acceptors (Lipinski definition) is 4. The van der Waals surface area contributed by atoms with Crippen LogP contribution in [0.15, 0.2) is 47.4 Å².